The Morgan fingerprint density at radius 1 is 1.47 bits per heavy atom. The van der Waals surface area contributed by atoms with E-state index < -0.39 is 4.92 Å². The van der Waals surface area contributed by atoms with Crippen molar-refractivity contribution in [3.05, 3.63) is 33.3 Å². The van der Waals surface area contributed by atoms with Gasteiger partial charge in [0, 0.05) is 23.4 Å². The van der Waals surface area contributed by atoms with Gasteiger partial charge in [-0.25, -0.2) is 0 Å². The van der Waals surface area contributed by atoms with Crippen molar-refractivity contribution in [2.24, 2.45) is 11.3 Å². The largest absolute Gasteiger partial charge is 0.492 e. The molecule has 0 radical (unpaired) electrons. The molecule has 0 heterocycles. The summed E-state index contributed by atoms with van der Waals surface area (Å²) in [6, 6.07) is 4.23. The first kappa shape index (κ1) is 16.2. The molecule has 1 unspecified atom stereocenters. The van der Waals surface area contributed by atoms with Crippen LogP contribution in [0.3, 0.4) is 0 Å². The van der Waals surface area contributed by atoms with Gasteiger partial charge in [-0.15, -0.1) is 0 Å². The molecule has 0 N–H and O–H groups in total. The molecular weight excluding hydrogens is 334 g/mol. The van der Waals surface area contributed by atoms with Crippen molar-refractivity contribution in [2.45, 2.75) is 20.8 Å². The van der Waals surface area contributed by atoms with Crippen molar-refractivity contribution >= 4 is 33.2 Å². The van der Waals surface area contributed by atoms with E-state index in [1.165, 1.54) is 18.2 Å². The first-order chi connectivity index (χ1) is 8.75. The van der Waals surface area contributed by atoms with Crippen LogP contribution in [0.15, 0.2) is 18.2 Å². The van der Waals surface area contributed by atoms with Gasteiger partial charge in [0.2, 0.25) is 0 Å². The molecule has 19 heavy (non-hydrogen) atoms. The molecule has 1 atom stereocenters. The lowest BCUT2D eigenvalue weighted by Crippen LogP contribution is -2.27. The molecule has 1 rings (SSSR count). The molecule has 0 fully saturated rings. The number of non-ortho nitro benzene ring substituents is 1. The van der Waals surface area contributed by atoms with Crippen LogP contribution in [0.25, 0.3) is 0 Å². The Bertz CT molecular complexity index is 460. The Kier molecular flexibility index (Phi) is 5.62. The van der Waals surface area contributed by atoms with E-state index in [0.29, 0.717) is 18.3 Å². The molecular formula is C13H17BrClNO3. The summed E-state index contributed by atoms with van der Waals surface area (Å²) in [7, 11) is 0. The van der Waals surface area contributed by atoms with Crippen LogP contribution >= 0.6 is 27.5 Å². The number of nitro benzene ring substituents is 1. The Morgan fingerprint density at radius 2 is 2.11 bits per heavy atom. The van der Waals surface area contributed by atoms with Crippen LogP contribution in [-0.4, -0.2) is 16.9 Å². The molecule has 1 aromatic rings. The van der Waals surface area contributed by atoms with E-state index in [9.17, 15) is 10.1 Å². The molecule has 0 aliphatic heterocycles. The first-order valence-corrected chi connectivity index (χ1v) is 7.38. The molecule has 106 valence electrons. The Labute approximate surface area is 126 Å². The zero-order chi connectivity index (χ0) is 14.6. The van der Waals surface area contributed by atoms with E-state index >= 15 is 0 Å². The number of hydrogen-bond donors (Lipinski definition) is 0. The molecule has 4 nitrogen and oxygen atoms in total. The summed E-state index contributed by atoms with van der Waals surface area (Å²) in [6.45, 7) is 6.92. The summed E-state index contributed by atoms with van der Waals surface area (Å²) in [5.41, 5.74) is 0.0711. The molecule has 0 aliphatic rings. The molecule has 1 aromatic carbocycles. The summed E-state index contributed by atoms with van der Waals surface area (Å²) in [5, 5.41) is 11.7. The highest BCUT2D eigenvalue weighted by atomic mass is 79.9. The Morgan fingerprint density at radius 3 is 2.53 bits per heavy atom. The maximum absolute atomic E-state index is 10.6. The first-order valence-electron chi connectivity index (χ1n) is 5.88. The standard InChI is InChI=1S/C13H17BrClNO3/c1-13(2,3)9(7-14)8-19-12-5-4-10(16(17)18)6-11(12)15/h4-6,9H,7-8H2,1-3H3. The van der Waals surface area contributed by atoms with E-state index in [-0.39, 0.29) is 16.1 Å². The highest BCUT2D eigenvalue weighted by molar-refractivity contribution is 9.09. The summed E-state index contributed by atoms with van der Waals surface area (Å²) in [5.74, 6) is 0.793. The predicted octanol–water partition coefficient (Wildman–Crippen LogP) is 4.68. The minimum absolute atomic E-state index is 0.0368. The van der Waals surface area contributed by atoms with E-state index in [2.05, 4.69) is 36.7 Å². The second-order valence-electron chi connectivity index (χ2n) is 5.40. The average Bonchev–Trinajstić information content (AvgIpc) is 2.29. The third-order valence-corrected chi connectivity index (χ3v) is 4.05. The molecule has 0 saturated carbocycles. The molecule has 0 amide bonds. The summed E-state index contributed by atoms with van der Waals surface area (Å²) in [6.07, 6.45) is 0. The molecule has 0 aromatic heterocycles. The van der Waals surface area contributed by atoms with E-state index in [1.807, 2.05) is 0 Å². The monoisotopic (exact) mass is 349 g/mol. The fourth-order valence-electron chi connectivity index (χ4n) is 1.44. The molecule has 0 spiro atoms. The fraction of sp³-hybridized carbons (Fsp3) is 0.538. The topological polar surface area (TPSA) is 52.4 Å². The van der Waals surface area contributed by atoms with E-state index in [0.717, 1.165) is 5.33 Å². The van der Waals surface area contributed by atoms with Crippen LogP contribution in [-0.2, 0) is 0 Å². The quantitative estimate of drug-likeness (QED) is 0.440. The van der Waals surface area contributed by atoms with Crippen molar-refractivity contribution in [2.75, 3.05) is 11.9 Å². The Hall–Kier alpha value is -0.810. The van der Waals surface area contributed by atoms with Crippen LogP contribution in [0.5, 0.6) is 5.75 Å². The lowest BCUT2D eigenvalue weighted by Gasteiger charge is -2.29. The van der Waals surface area contributed by atoms with Gasteiger partial charge in [-0.3, -0.25) is 10.1 Å². The van der Waals surface area contributed by atoms with Gasteiger partial charge in [0.25, 0.3) is 5.69 Å². The molecule has 0 aliphatic carbocycles. The number of hydrogen-bond acceptors (Lipinski definition) is 3. The van der Waals surface area contributed by atoms with Gasteiger partial charge < -0.3 is 4.74 Å². The van der Waals surface area contributed by atoms with Crippen LogP contribution in [0, 0.1) is 21.4 Å². The number of alkyl halides is 1. The van der Waals surface area contributed by atoms with Gasteiger partial charge in [0.15, 0.2) is 0 Å². The minimum Gasteiger partial charge on any atom is -0.492 e. The third-order valence-electron chi connectivity index (χ3n) is 2.98. The van der Waals surface area contributed by atoms with Crippen molar-refractivity contribution < 1.29 is 9.66 Å². The van der Waals surface area contributed by atoms with Crippen molar-refractivity contribution in [3.8, 4) is 5.75 Å². The van der Waals surface area contributed by atoms with Crippen LogP contribution < -0.4 is 4.74 Å². The molecule has 0 saturated heterocycles. The van der Waals surface area contributed by atoms with Gasteiger partial charge in [-0.05, 0) is 11.5 Å². The highest BCUT2D eigenvalue weighted by Gasteiger charge is 2.24. The minimum atomic E-state index is -0.480. The molecule has 6 heteroatoms. The van der Waals surface area contributed by atoms with Gasteiger partial charge in [0.05, 0.1) is 16.6 Å². The second kappa shape index (κ2) is 6.57. The zero-order valence-electron chi connectivity index (χ0n) is 11.2. The summed E-state index contributed by atoms with van der Waals surface area (Å²) < 4.78 is 5.67. The number of benzene rings is 1. The SMILES string of the molecule is CC(C)(C)C(CBr)COc1ccc([N+](=O)[O-])cc1Cl. The van der Waals surface area contributed by atoms with Gasteiger partial charge >= 0.3 is 0 Å². The van der Waals surface area contributed by atoms with Gasteiger partial charge in [-0.2, -0.15) is 0 Å². The highest BCUT2D eigenvalue weighted by Crippen LogP contribution is 2.32. The Balaban J connectivity index is 2.76. The maximum atomic E-state index is 10.6. The smallest absolute Gasteiger partial charge is 0.271 e. The predicted molar refractivity (Wildman–Crippen MR) is 80.3 cm³/mol. The maximum Gasteiger partial charge on any atom is 0.271 e. The number of halogens is 2. The number of nitro groups is 1. The van der Waals surface area contributed by atoms with Crippen LogP contribution in [0.2, 0.25) is 5.02 Å². The second-order valence-corrected chi connectivity index (χ2v) is 6.45. The third kappa shape index (κ3) is 4.66. The van der Waals surface area contributed by atoms with Crippen molar-refractivity contribution in [3.63, 3.8) is 0 Å². The summed E-state index contributed by atoms with van der Waals surface area (Å²) in [4.78, 5) is 10.1. The van der Waals surface area contributed by atoms with Crippen LogP contribution in [0.4, 0.5) is 5.69 Å². The van der Waals surface area contributed by atoms with Crippen LogP contribution in [0.1, 0.15) is 20.8 Å². The van der Waals surface area contributed by atoms with E-state index in [4.69, 9.17) is 16.3 Å². The van der Waals surface area contributed by atoms with Gasteiger partial charge in [-0.1, -0.05) is 48.3 Å². The average molecular weight is 351 g/mol. The fourth-order valence-corrected chi connectivity index (χ4v) is 2.82. The molecule has 0 bridgehead atoms. The number of nitrogens with zero attached hydrogens (tertiary/aromatic N) is 1. The normalized spacial score (nSPS) is 13.1. The lowest BCUT2D eigenvalue weighted by molar-refractivity contribution is -0.384. The zero-order valence-corrected chi connectivity index (χ0v) is 13.5. The summed E-state index contributed by atoms with van der Waals surface area (Å²) >= 11 is 9.45. The number of rotatable bonds is 5. The number of ether oxygens (including phenoxy) is 1. The van der Waals surface area contributed by atoms with Crippen molar-refractivity contribution in [1.29, 1.82) is 0 Å². The van der Waals surface area contributed by atoms with E-state index in [1.54, 1.807) is 0 Å². The lowest BCUT2D eigenvalue weighted by atomic mass is 9.83. The van der Waals surface area contributed by atoms with Crippen molar-refractivity contribution in [1.82, 2.24) is 0 Å². The van der Waals surface area contributed by atoms with Gasteiger partial charge in [0.1, 0.15) is 5.75 Å².